The van der Waals surface area contributed by atoms with Crippen molar-refractivity contribution in [1.82, 2.24) is 0 Å². The third kappa shape index (κ3) is 4.14. The standard InChI is InChI=1S/C28H30N2O4S/c1-17-7-5-8-18(2)27(17)30-35(31,32)20-12-13-24-23(16-20)21-9-6-10-22(21)28(29-24)19-11-14-25(33-3)26(15-19)34-4/h5-9,11-16,21-22,28-30H,10H2,1-4H3/t21-,22+,28+/m0/s1. The number of para-hydroxylation sites is 1. The highest BCUT2D eigenvalue weighted by molar-refractivity contribution is 7.92. The van der Waals surface area contributed by atoms with Crippen molar-refractivity contribution in [2.75, 3.05) is 24.3 Å². The maximum atomic E-state index is 13.3. The third-order valence-corrected chi connectivity index (χ3v) is 8.48. The molecule has 0 bridgehead atoms. The van der Waals surface area contributed by atoms with Crippen LogP contribution in [0.4, 0.5) is 11.4 Å². The van der Waals surface area contributed by atoms with Gasteiger partial charge >= 0.3 is 0 Å². The van der Waals surface area contributed by atoms with Crippen LogP contribution in [0, 0.1) is 19.8 Å². The Morgan fingerprint density at radius 3 is 2.40 bits per heavy atom. The molecule has 0 unspecified atom stereocenters. The van der Waals surface area contributed by atoms with Gasteiger partial charge in [0, 0.05) is 11.6 Å². The molecular weight excluding hydrogens is 460 g/mol. The molecule has 0 aromatic heterocycles. The molecule has 0 radical (unpaired) electrons. The summed E-state index contributed by atoms with van der Waals surface area (Å²) < 4.78 is 40.4. The van der Waals surface area contributed by atoms with E-state index in [-0.39, 0.29) is 22.8 Å². The summed E-state index contributed by atoms with van der Waals surface area (Å²) in [6, 6.07) is 17.2. The van der Waals surface area contributed by atoms with Crippen LogP contribution in [0.3, 0.4) is 0 Å². The number of allylic oxidation sites excluding steroid dienone is 2. The van der Waals surface area contributed by atoms with E-state index < -0.39 is 10.0 Å². The molecule has 1 aliphatic carbocycles. The zero-order chi connectivity index (χ0) is 24.7. The number of methoxy groups -OCH3 is 2. The number of rotatable bonds is 6. The number of sulfonamides is 1. The first-order valence-electron chi connectivity index (χ1n) is 11.7. The van der Waals surface area contributed by atoms with Crippen molar-refractivity contribution in [3.8, 4) is 11.5 Å². The van der Waals surface area contributed by atoms with E-state index >= 15 is 0 Å². The van der Waals surface area contributed by atoms with E-state index in [9.17, 15) is 8.42 Å². The van der Waals surface area contributed by atoms with Crippen LogP contribution in [-0.4, -0.2) is 22.6 Å². The highest BCUT2D eigenvalue weighted by Crippen LogP contribution is 2.51. The van der Waals surface area contributed by atoms with Crippen LogP contribution in [-0.2, 0) is 10.0 Å². The largest absolute Gasteiger partial charge is 0.493 e. The fourth-order valence-electron chi connectivity index (χ4n) is 5.28. The minimum Gasteiger partial charge on any atom is -0.493 e. The second kappa shape index (κ2) is 8.96. The maximum absolute atomic E-state index is 13.3. The second-order valence-electron chi connectivity index (χ2n) is 9.21. The lowest BCUT2D eigenvalue weighted by Crippen LogP contribution is -2.29. The normalized spacial score (nSPS) is 20.5. The van der Waals surface area contributed by atoms with Gasteiger partial charge < -0.3 is 14.8 Å². The molecule has 1 aliphatic heterocycles. The van der Waals surface area contributed by atoms with E-state index in [4.69, 9.17) is 9.47 Å². The molecule has 3 aromatic carbocycles. The van der Waals surface area contributed by atoms with Gasteiger partial charge in [-0.25, -0.2) is 8.42 Å². The Labute approximate surface area is 207 Å². The number of ether oxygens (including phenoxy) is 2. The molecular formula is C28H30N2O4S. The molecule has 2 aliphatic rings. The van der Waals surface area contributed by atoms with E-state index in [1.165, 1.54) is 0 Å². The van der Waals surface area contributed by atoms with Gasteiger partial charge in [-0.1, -0.05) is 36.4 Å². The predicted molar refractivity (Wildman–Crippen MR) is 139 cm³/mol. The lowest BCUT2D eigenvalue weighted by Gasteiger charge is -2.38. The van der Waals surface area contributed by atoms with Crippen LogP contribution in [0.1, 0.15) is 40.6 Å². The van der Waals surface area contributed by atoms with Crippen molar-refractivity contribution in [3.05, 3.63) is 89.0 Å². The van der Waals surface area contributed by atoms with Gasteiger partial charge in [0.15, 0.2) is 11.5 Å². The number of benzene rings is 3. The molecule has 0 saturated heterocycles. The molecule has 0 fully saturated rings. The van der Waals surface area contributed by atoms with Crippen molar-refractivity contribution >= 4 is 21.4 Å². The fraction of sp³-hybridized carbons (Fsp3) is 0.286. The summed E-state index contributed by atoms with van der Waals surface area (Å²) in [5.41, 5.74) is 5.49. The molecule has 182 valence electrons. The lowest BCUT2D eigenvalue weighted by molar-refractivity contribution is 0.353. The van der Waals surface area contributed by atoms with Gasteiger partial charge in [-0.3, -0.25) is 4.72 Å². The van der Waals surface area contributed by atoms with Crippen LogP contribution >= 0.6 is 0 Å². The summed E-state index contributed by atoms with van der Waals surface area (Å²) in [7, 11) is -0.467. The molecule has 3 aromatic rings. The van der Waals surface area contributed by atoms with Gasteiger partial charge in [0.05, 0.1) is 30.8 Å². The topological polar surface area (TPSA) is 76.7 Å². The average molecular weight is 491 g/mol. The summed E-state index contributed by atoms with van der Waals surface area (Å²) in [6.45, 7) is 3.81. The van der Waals surface area contributed by atoms with Crippen LogP contribution in [0.2, 0.25) is 0 Å². The first kappa shape index (κ1) is 23.3. The summed E-state index contributed by atoms with van der Waals surface area (Å²) in [5, 5.41) is 3.67. The molecule has 0 amide bonds. The first-order valence-corrected chi connectivity index (χ1v) is 13.2. The lowest BCUT2D eigenvalue weighted by atomic mass is 9.77. The van der Waals surface area contributed by atoms with Crippen LogP contribution < -0.4 is 19.5 Å². The molecule has 5 rings (SSSR count). The van der Waals surface area contributed by atoms with Gasteiger partial charge in [-0.05, 0) is 78.8 Å². The first-order chi connectivity index (χ1) is 16.8. The molecule has 2 N–H and O–H groups in total. The zero-order valence-electron chi connectivity index (χ0n) is 20.3. The van der Waals surface area contributed by atoms with E-state index in [0.717, 1.165) is 34.4 Å². The number of aryl methyl sites for hydroxylation is 2. The molecule has 0 spiro atoms. The van der Waals surface area contributed by atoms with Crippen molar-refractivity contribution in [2.45, 2.75) is 37.1 Å². The highest BCUT2D eigenvalue weighted by Gasteiger charge is 2.38. The van der Waals surface area contributed by atoms with Crippen molar-refractivity contribution in [2.24, 2.45) is 5.92 Å². The summed E-state index contributed by atoms with van der Waals surface area (Å²) in [6.07, 6.45) is 5.30. The van der Waals surface area contributed by atoms with Crippen molar-refractivity contribution in [3.63, 3.8) is 0 Å². The Balaban J connectivity index is 1.50. The second-order valence-corrected chi connectivity index (χ2v) is 10.9. The minimum atomic E-state index is -3.74. The van der Waals surface area contributed by atoms with Crippen LogP contribution in [0.25, 0.3) is 0 Å². The maximum Gasteiger partial charge on any atom is 0.261 e. The Hall–Kier alpha value is -3.45. The van der Waals surface area contributed by atoms with E-state index in [1.54, 1.807) is 20.3 Å². The van der Waals surface area contributed by atoms with Gasteiger partial charge in [0.25, 0.3) is 10.0 Å². The molecule has 35 heavy (non-hydrogen) atoms. The SMILES string of the molecule is COc1ccc([C@H]2Nc3ccc(S(=O)(=O)Nc4c(C)cccc4C)cc3[C@H]3C=CC[C@H]32)cc1OC. The van der Waals surface area contributed by atoms with E-state index in [0.29, 0.717) is 17.2 Å². The van der Waals surface area contributed by atoms with Crippen LogP contribution in [0.5, 0.6) is 11.5 Å². The predicted octanol–water partition coefficient (Wildman–Crippen LogP) is 5.95. The Kier molecular flexibility index (Phi) is 5.97. The Bertz CT molecular complexity index is 1390. The Morgan fingerprint density at radius 2 is 1.69 bits per heavy atom. The molecule has 0 saturated carbocycles. The fourth-order valence-corrected chi connectivity index (χ4v) is 6.52. The van der Waals surface area contributed by atoms with Gasteiger partial charge in [-0.2, -0.15) is 0 Å². The van der Waals surface area contributed by atoms with Gasteiger partial charge in [0.1, 0.15) is 0 Å². The van der Waals surface area contributed by atoms with E-state index in [1.807, 2.05) is 56.3 Å². The van der Waals surface area contributed by atoms with Crippen LogP contribution in [0.15, 0.2) is 71.6 Å². The average Bonchev–Trinajstić information content (AvgIpc) is 3.35. The number of nitrogens with one attached hydrogen (secondary N) is 2. The molecule has 1 heterocycles. The number of hydrogen-bond acceptors (Lipinski definition) is 5. The summed E-state index contributed by atoms with van der Waals surface area (Å²) >= 11 is 0. The quantitative estimate of drug-likeness (QED) is 0.418. The number of anilines is 2. The molecule has 3 atom stereocenters. The zero-order valence-corrected chi connectivity index (χ0v) is 21.1. The van der Waals surface area contributed by atoms with Crippen molar-refractivity contribution in [1.29, 1.82) is 0 Å². The van der Waals surface area contributed by atoms with Crippen molar-refractivity contribution < 1.29 is 17.9 Å². The van der Waals surface area contributed by atoms with Gasteiger partial charge in [-0.15, -0.1) is 0 Å². The monoisotopic (exact) mass is 490 g/mol. The third-order valence-electron chi connectivity index (χ3n) is 7.13. The molecule has 6 nitrogen and oxygen atoms in total. The van der Waals surface area contributed by atoms with E-state index in [2.05, 4.69) is 28.3 Å². The highest BCUT2D eigenvalue weighted by atomic mass is 32.2. The summed E-state index contributed by atoms with van der Waals surface area (Å²) in [5.74, 6) is 1.78. The molecule has 7 heteroatoms. The minimum absolute atomic E-state index is 0.0671. The number of hydrogen-bond donors (Lipinski definition) is 2. The smallest absolute Gasteiger partial charge is 0.261 e. The van der Waals surface area contributed by atoms with Gasteiger partial charge in [0.2, 0.25) is 0 Å². The Morgan fingerprint density at radius 1 is 0.943 bits per heavy atom. The number of fused-ring (bicyclic) bond motifs is 3. The summed E-state index contributed by atoms with van der Waals surface area (Å²) in [4.78, 5) is 0.268.